The lowest BCUT2D eigenvalue weighted by atomic mass is 10.1. The molecule has 118 valence electrons. The lowest BCUT2D eigenvalue weighted by molar-refractivity contribution is -0.0469. The molecule has 1 aliphatic heterocycles. The van der Waals surface area contributed by atoms with Gasteiger partial charge < -0.3 is 14.4 Å². The van der Waals surface area contributed by atoms with Gasteiger partial charge in [-0.15, -0.1) is 10.2 Å². The average Bonchev–Trinajstić information content (AvgIpc) is 2.94. The molecule has 0 aliphatic carbocycles. The molecule has 2 atom stereocenters. The van der Waals surface area contributed by atoms with Gasteiger partial charge in [0.2, 0.25) is 0 Å². The van der Waals surface area contributed by atoms with Gasteiger partial charge in [-0.1, -0.05) is 30.3 Å². The van der Waals surface area contributed by atoms with Crippen LogP contribution in [0.1, 0.15) is 17.5 Å². The number of benzene rings is 1. The van der Waals surface area contributed by atoms with Crippen molar-refractivity contribution in [3.05, 3.63) is 48.0 Å². The normalized spacial score (nSPS) is 20.9. The van der Waals surface area contributed by atoms with Gasteiger partial charge >= 0.3 is 0 Å². The first-order valence-corrected chi connectivity index (χ1v) is 7.62. The first kappa shape index (κ1) is 15.1. The monoisotopic (exact) mass is 302 g/mol. The highest BCUT2D eigenvalue weighted by atomic mass is 16.5. The molecule has 2 heterocycles. The van der Waals surface area contributed by atoms with Crippen LogP contribution in [0.3, 0.4) is 0 Å². The van der Waals surface area contributed by atoms with Crippen LogP contribution in [-0.2, 0) is 18.2 Å². The molecule has 0 amide bonds. The molecule has 2 aromatic rings. The van der Waals surface area contributed by atoms with Crippen LogP contribution in [-0.4, -0.2) is 57.1 Å². The molecule has 0 spiro atoms. The predicted molar refractivity (Wildman–Crippen MR) is 82.3 cm³/mol. The number of hydrogen-bond acceptors (Lipinski definition) is 5. The fourth-order valence-corrected chi connectivity index (χ4v) is 2.86. The molecule has 2 unspecified atom stereocenters. The van der Waals surface area contributed by atoms with Crippen LogP contribution in [0.15, 0.2) is 36.7 Å². The van der Waals surface area contributed by atoms with Crippen molar-refractivity contribution in [3.63, 3.8) is 0 Å². The highest BCUT2D eigenvalue weighted by Crippen LogP contribution is 2.20. The predicted octanol–water partition coefficient (Wildman–Crippen LogP) is 0.792. The zero-order chi connectivity index (χ0) is 15.4. The number of ether oxygens (including phenoxy) is 1. The van der Waals surface area contributed by atoms with Crippen LogP contribution >= 0.6 is 0 Å². The molecule has 0 saturated carbocycles. The molecule has 6 heteroatoms. The van der Waals surface area contributed by atoms with Gasteiger partial charge in [0.25, 0.3) is 0 Å². The largest absolute Gasteiger partial charge is 0.391 e. The second kappa shape index (κ2) is 7.00. The molecule has 0 bridgehead atoms. The molecule has 1 saturated heterocycles. The van der Waals surface area contributed by atoms with E-state index in [2.05, 4.69) is 15.1 Å². The third-order valence-corrected chi connectivity index (χ3v) is 3.97. The summed E-state index contributed by atoms with van der Waals surface area (Å²) in [5.74, 6) is 0.835. The summed E-state index contributed by atoms with van der Waals surface area (Å²) in [7, 11) is 1.92. The Morgan fingerprint density at radius 3 is 2.91 bits per heavy atom. The van der Waals surface area contributed by atoms with Crippen molar-refractivity contribution in [2.75, 3.05) is 26.2 Å². The Bertz CT molecular complexity index is 587. The molecule has 1 aromatic carbocycles. The number of nitrogens with zero attached hydrogens (tertiary/aromatic N) is 4. The van der Waals surface area contributed by atoms with Crippen LogP contribution in [0.2, 0.25) is 0 Å². The van der Waals surface area contributed by atoms with Crippen LogP contribution in [0.4, 0.5) is 0 Å². The molecule has 0 radical (unpaired) electrons. The number of aliphatic hydroxyl groups excluding tert-OH is 1. The zero-order valence-corrected chi connectivity index (χ0v) is 12.8. The molecule has 22 heavy (non-hydrogen) atoms. The number of aryl methyl sites for hydroxylation is 1. The van der Waals surface area contributed by atoms with Crippen molar-refractivity contribution >= 4 is 0 Å². The zero-order valence-electron chi connectivity index (χ0n) is 12.8. The Morgan fingerprint density at radius 1 is 1.36 bits per heavy atom. The van der Waals surface area contributed by atoms with Gasteiger partial charge in [0, 0.05) is 26.7 Å². The number of morpholine rings is 1. The van der Waals surface area contributed by atoms with Gasteiger partial charge in [-0.05, 0) is 12.0 Å². The highest BCUT2D eigenvalue weighted by Gasteiger charge is 2.26. The minimum Gasteiger partial charge on any atom is -0.391 e. The fourth-order valence-electron chi connectivity index (χ4n) is 2.86. The van der Waals surface area contributed by atoms with E-state index < -0.39 is 0 Å². The van der Waals surface area contributed by atoms with Crippen molar-refractivity contribution in [3.8, 4) is 0 Å². The maximum Gasteiger partial charge on any atom is 0.163 e. The van der Waals surface area contributed by atoms with E-state index in [9.17, 15) is 5.11 Å². The standard InChI is InChI=1S/C16H22N4O2/c1-19-12-17-18-16(19)15-11-20(7-8-22-15)10-14(21)9-13-5-3-2-4-6-13/h2-6,12,14-15,21H,7-11H2,1H3. The van der Waals surface area contributed by atoms with E-state index in [-0.39, 0.29) is 12.2 Å². The van der Waals surface area contributed by atoms with Crippen molar-refractivity contribution in [1.29, 1.82) is 0 Å². The van der Waals surface area contributed by atoms with Crippen molar-refractivity contribution in [2.45, 2.75) is 18.6 Å². The van der Waals surface area contributed by atoms with Crippen LogP contribution in [0.25, 0.3) is 0 Å². The van der Waals surface area contributed by atoms with Crippen LogP contribution in [0.5, 0.6) is 0 Å². The van der Waals surface area contributed by atoms with Gasteiger partial charge in [-0.25, -0.2) is 0 Å². The molecule has 1 aliphatic rings. The molecule has 3 rings (SSSR count). The highest BCUT2D eigenvalue weighted by molar-refractivity contribution is 5.15. The summed E-state index contributed by atoms with van der Waals surface area (Å²) in [6.07, 6.45) is 1.90. The van der Waals surface area contributed by atoms with Crippen molar-refractivity contribution in [2.24, 2.45) is 7.05 Å². The molecule has 1 fully saturated rings. The van der Waals surface area contributed by atoms with Gasteiger partial charge in [0.15, 0.2) is 5.82 Å². The summed E-state index contributed by atoms with van der Waals surface area (Å²) in [5, 5.41) is 18.3. The fraction of sp³-hybridized carbons (Fsp3) is 0.500. The van der Waals surface area contributed by atoms with E-state index in [0.717, 1.165) is 24.5 Å². The van der Waals surface area contributed by atoms with E-state index in [4.69, 9.17) is 4.74 Å². The number of β-amino-alcohol motifs (C(OH)–C–C–N with tert-alkyl or cyclic N) is 1. The topological polar surface area (TPSA) is 63.4 Å². The van der Waals surface area contributed by atoms with Crippen molar-refractivity contribution < 1.29 is 9.84 Å². The summed E-state index contributed by atoms with van der Waals surface area (Å²) < 4.78 is 7.67. The van der Waals surface area contributed by atoms with E-state index >= 15 is 0 Å². The Labute approximate surface area is 130 Å². The van der Waals surface area contributed by atoms with Gasteiger partial charge in [0.1, 0.15) is 12.4 Å². The Kier molecular flexibility index (Phi) is 4.82. The second-order valence-corrected chi connectivity index (χ2v) is 5.76. The van der Waals surface area contributed by atoms with Gasteiger partial charge in [0.05, 0.1) is 12.7 Å². The molecule has 6 nitrogen and oxygen atoms in total. The smallest absolute Gasteiger partial charge is 0.163 e. The van der Waals surface area contributed by atoms with E-state index in [1.807, 2.05) is 41.9 Å². The Balaban J connectivity index is 1.55. The minimum absolute atomic E-state index is 0.0785. The van der Waals surface area contributed by atoms with E-state index in [0.29, 0.717) is 19.6 Å². The summed E-state index contributed by atoms with van der Waals surface area (Å²) in [6.45, 7) is 2.86. The quantitative estimate of drug-likeness (QED) is 0.885. The Hall–Kier alpha value is -1.76. The van der Waals surface area contributed by atoms with Crippen LogP contribution in [0, 0.1) is 0 Å². The second-order valence-electron chi connectivity index (χ2n) is 5.76. The first-order chi connectivity index (χ1) is 10.7. The maximum atomic E-state index is 10.3. The summed E-state index contributed by atoms with van der Waals surface area (Å²) in [5.41, 5.74) is 1.16. The lowest BCUT2D eigenvalue weighted by Gasteiger charge is -2.33. The van der Waals surface area contributed by atoms with Crippen LogP contribution < -0.4 is 0 Å². The molecule has 1 N–H and O–H groups in total. The van der Waals surface area contributed by atoms with Gasteiger partial charge in [-0.3, -0.25) is 4.90 Å². The molecular formula is C16H22N4O2. The molecular weight excluding hydrogens is 280 g/mol. The maximum absolute atomic E-state index is 10.3. The van der Waals surface area contributed by atoms with E-state index in [1.165, 1.54) is 0 Å². The summed E-state index contributed by atoms with van der Waals surface area (Å²) >= 11 is 0. The SMILES string of the molecule is Cn1cnnc1C1CN(CC(O)Cc2ccccc2)CCO1. The Morgan fingerprint density at radius 2 is 2.18 bits per heavy atom. The molecule has 1 aromatic heterocycles. The summed E-state index contributed by atoms with van der Waals surface area (Å²) in [4.78, 5) is 2.23. The van der Waals surface area contributed by atoms with Crippen molar-refractivity contribution in [1.82, 2.24) is 19.7 Å². The number of aliphatic hydroxyl groups is 1. The van der Waals surface area contributed by atoms with Gasteiger partial charge in [-0.2, -0.15) is 0 Å². The number of hydrogen-bond donors (Lipinski definition) is 1. The van der Waals surface area contributed by atoms with E-state index in [1.54, 1.807) is 6.33 Å². The third kappa shape index (κ3) is 3.71. The average molecular weight is 302 g/mol. The number of aromatic nitrogens is 3. The first-order valence-electron chi connectivity index (χ1n) is 7.62. The minimum atomic E-state index is -0.374. The third-order valence-electron chi connectivity index (χ3n) is 3.97. The summed E-state index contributed by atoms with van der Waals surface area (Å²) in [6, 6.07) is 10.1. The number of rotatable bonds is 5. The lowest BCUT2D eigenvalue weighted by Crippen LogP contribution is -2.43.